The van der Waals surface area contributed by atoms with Crippen molar-refractivity contribution in [3.63, 3.8) is 0 Å². The number of benzene rings is 1. The fourth-order valence-electron chi connectivity index (χ4n) is 2.08. The fourth-order valence-corrected chi connectivity index (χ4v) is 2.08. The van der Waals surface area contributed by atoms with Crippen LogP contribution < -0.4 is 10.1 Å². The molecule has 1 atom stereocenters. The minimum atomic E-state index is -0.208. The van der Waals surface area contributed by atoms with Crippen molar-refractivity contribution >= 4 is 5.91 Å². The lowest BCUT2D eigenvalue weighted by Crippen LogP contribution is -2.39. The van der Waals surface area contributed by atoms with E-state index in [0.29, 0.717) is 6.42 Å². The van der Waals surface area contributed by atoms with Gasteiger partial charge >= 0.3 is 0 Å². The molecule has 0 radical (unpaired) electrons. The third kappa shape index (κ3) is 4.56. The van der Waals surface area contributed by atoms with Crippen molar-refractivity contribution in [2.75, 3.05) is 13.2 Å². The Morgan fingerprint density at radius 1 is 1.32 bits per heavy atom. The zero-order valence-corrected chi connectivity index (χ0v) is 12.1. The number of hydrogen-bond acceptors (Lipinski definition) is 3. The topological polar surface area (TPSA) is 58.6 Å². The predicted octanol–water partition coefficient (Wildman–Crippen LogP) is 1.88. The molecule has 0 saturated heterocycles. The normalized spacial score (nSPS) is 12.1. The summed E-state index contributed by atoms with van der Waals surface area (Å²) >= 11 is 0. The molecule has 1 aromatic rings. The van der Waals surface area contributed by atoms with Crippen LogP contribution in [-0.4, -0.2) is 30.3 Å². The standard InChI is InChI=1S/C15H23NO3/c1-5-13(8-17)16-14(18)9-19-15-11(3)6-10(2)7-12(15)4/h6-7,13,17H,5,8-9H2,1-4H3,(H,16,18). The molecule has 1 aromatic carbocycles. The van der Waals surface area contributed by atoms with Crippen LogP contribution in [0.1, 0.15) is 30.0 Å². The maximum Gasteiger partial charge on any atom is 0.258 e. The summed E-state index contributed by atoms with van der Waals surface area (Å²) < 4.78 is 5.58. The maximum atomic E-state index is 11.7. The molecule has 4 nitrogen and oxygen atoms in total. The molecular formula is C15H23NO3. The highest BCUT2D eigenvalue weighted by Gasteiger charge is 2.11. The van der Waals surface area contributed by atoms with Crippen LogP contribution in [0.4, 0.5) is 0 Å². The summed E-state index contributed by atoms with van der Waals surface area (Å²) in [6.07, 6.45) is 0.699. The molecule has 0 aromatic heterocycles. The lowest BCUT2D eigenvalue weighted by molar-refractivity contribution is -0.124. The van der Waals surface area contributed by atoms with E-state index in [1.165, 1.54) is 5.56 Å². The van der Waals surface area contributed by atoms with E-state index in [2.05, 4.69) is 5.32 Å². The first-order valence-corrected chi connectivity index (χ1v) is 6.58. The van der Waals surface area contributed by atoms with Gasteiger partial charge < -0.3 is 15.2 Å². The van der Waals surface area contributed by atoms with Crippen LogP contribution in [0.2, 0.25) is 0 Å². The van der Waals surface area contributed by atoms with Gasteiger partial charge in [-0.15, -0.1) is 0 Å². The van der Waals surface area contributed by atoms with Gasteiger partial charge in [-0.05, 0) is 38.3 Å². The van der Waals surface area contributed by atoms with Gasteiger partial charge in [-0.2, -0.15) is 0 Å². The molecule has 0 fully saturated rings. The number of carbonyl (C=O) groups is 1. The second-order valence-corrected chi connectivity index (χ2v) is 4.87. The average molecular weight is 265 g/mol. The average Bonchev–Trinajstić information content (AvgIpc) is 2.34. The number of rotatable bonds is 6. The van der Waals surface area contributed by atoms with Crippen molar-refractivity contribution in [1.29, 1.82) is 0 Å². The molecule has 1 rings (SSSR count). The lowest BCUT2D eigenvalue weighted by Gasteiger charge is -2.16. The fraction of sp³-hybridized carbons (Fsp3) is 0.533. The number of nitrogens with one attached hydrogen (secondary N) is 1. The molecule has 2 N–H and O–H groups in total. The molecule has 1 unspecified atom stereocenters. The number of aryl methyl sites for hydroxylation is 3. The Labute approximate surface area is 114 Å². The van der Waals surface area contributed by atoms with Gasteiger partial charge in [-0.25, -0.2) is 0 Å². The van der Waals surface area contributed by atoms with Crippen LogP contribution >= 0.6 is 0 Å². The zero-order chi connectivity index (χ0) is 14.4. The van der Waals surface area contributed by atoms with Crippen molar-refractivity contribution in [3.8, 4) is 5.75 Å². The number of hydrogen-bond donors (Lipinski definition) is 2. The van der Waals surface area contributed by atoms with Crippen molar-refractivity contribution in [2.45, 2.75) is 40.2 Å². The molecule has 0 aliphatic heterocycles. The van der Waals surface area contributed by atoms with Gasteiger partial charge in [0.2, 0.25) is 0 Å². The molecule has 1 amide bonds. The first kappa shape index (κ1) is 15.5. The summed E-state index contributed by atoms with van der Waals surface area (Å²) in [5.41, 5.74) is 3.23. The Hall–Kier alpha value is -1.55. The summed E-state index contributed by atoms with van der Waals surface area (Å²) in [4.78, 5) is 11.7. The van der Waals surface area contributed by atoms with Crippen LogP contribution in [0.3, 0.4) is 0 Å². The van der Waals surface area contributed by atoms with Crippen LogP contribution in [0.5, 0.6) is 5.75 Å². The highest BCUT2D eigenvalue weighted by Crippen LogP contribution is 2.24. The van der Waals surface area contributed by atoms with Crippen LogP contribution in [0.25, 0.3) is 0 Å². The predicted molar refractivity (Wildman–Crippen MR) is 75.5 cm³/mol. The second kappa shape index (κ2) is 7.14. The van der Waals surface area contributed by atoms with E-state index in [9.17, 15) is 4.79 Å². The zero-order valence-electron chi connectivity index (χ0n) is 12.1. The van der Waals surface area contributed by atoms with E-state index in [0.717, 1.165) is 16.9 Å². The molecule has 0 heterocycles. The Morgan fingerprint density at radius 2 is 1.89 bits per heavy atom. The van der Waals surface area contributed by atoms with Gasteiger partial charge in [0.15, 0.2) is 6.61 Å². The Kier molecular flexibility index (Phi) is 5.83. The quantitative estimate of drug-likeness (QED) is 0.825. The third-order valence-corrected chi connectivity index (χ3v) is 3.03. The minimum Gasteiger partial charge on any atom is -0.483 e. The number of amides is 1. The largest absolute Gasteiger partial charge is 0.483 e. The van der Waals surface area contributed by atoms with Gasteiger partial charge in [0, 0.05) is 0 Å². The van der Waals surface area contributed by atoms with Crippen LogP contribution in [-0.2, 0) is 4.79 Å². The Bertz CT molecular complexity index is 416. The lowest BCUT2D eigenvalue weighted by atomic mass is 10.1. The summed E-state index contributed by atoms with van der Waals surface area (Å²) in [7, 11) is 0. The summed E-state index contributed by atoms with van der Waals surface area (Å²) in [6, 6.07) is 3.86. The van der Waals surface area contributed by atoms with E-state index in [-0.39, 0.29) is 25.2 Å². The van der Waals surface area contributed by atoms with Crippen molar-refractivity contribution in [2.24, 2.45) is 0 Å². The number of carbonyl (C=O) groups excluding carboxylic acids is 1. The molecule has 0 aliphatic rings. The van der Waals surface area contributed by atoms with Gasteiger partial charge in [0.1, 0.15) is 5.75 Å². The van der Waals surface area contributed by atoms with Gasteiger partial charge in [-0.1, -0.05) is 24.6 Å². The molecular weight excluding hydrogens is 242 g/mol. The van der Waals surface area contributed by atoms with Gasteiger partial charge in [0.25, 0.3) is 5.91 Å². The Balaban J connectivity index is 2.60. The summed E-state index contributed by atoms with van der Waals surface area (Å²) in [6.45, 7) is 7.80. The highest BCUT2D eigenvalue weighted by atomic mass is 16.5. The highest BCUT2D eigenvalue weighted by molar-refractivity contribution is 5.78. The molecule has 4 heteroatoms. The van der Waals surface area contributed by atoms with Gasteiger partial charge in [0.05, 0.1) is 12.6 Å². The minimum absolute atomic E-state index is 0.0265. The molecule has 0 aliphatic carbocycles. The first-order valence-electron chi connectivity index (χ1n) is 6.58. The molecule has 0 spiro atoms. The van der Waals surface area contributed by atoms with Crippen molar-refractivity contribution < 1.29 is 14.6 Å². The maximum absolute atomic E-state index is 11.7. The van der Waals surface area contributed by atoms with E-state index < -0.39 is 0 Å². The summed E-state index contributed by atoms with van der Waals surface area (Å²) in [5, 5.41) is 11.7. The molecule has 0 saturated carbocycles. The number of aliphatic hydroxyl groups is 1. The first-order chi connectivity index (χ1) is 8.97. The summed E-state index contributed by atoms with van der Waals surface area (Å²) in [5.74, 6) is 0.554. The third-order valence-electron chi connectivity index (χ3n) is 3.03. The van der Waals surface area contributed by atoms with E-state index in [1.54, 1.807) is 0 Å². The van der Waals surface area contributed by atoms with Gasteiger partial charge in [-0.3, -0.25) is 4.79 Å². The number of aliphatic hydroxyl groups excluding tert-OH is 1. The molecule has 0 bridgehead atoms. The SMILES string of the molecule is CCC(CO)NC(=O)COc1c(C)cc(C)cc1C. The van der Waals surface area contributed by atoms with Crippen molar-refractivity contribution in [1.82, 2.24) is 5.32 Å². The monoisotopic (exact) mass is 265 g/mol. The Morgan fingerprint density at radius 3 is 2.37 bits per heavy atom. The van der Waals surface area contributed by atoms with E-state index in [4.69, 9.17) is 9.84 Å². The van der Waals surface area contributed by atoms with Crippen LogP contribution in [0.15, 0.2) is 12.1 Å². The number of ether oxygens (including phenoxy) is 1. The van der Waals surface area contributed by atoms with E-state index >= 15 is 0 Å². The second-order valence-electron chi connectivity index (χ2n) is 4.87. The smallest absolute Gasteiger partial charge is 0.258 e. The van der Waals surface area contributed by atoms with Crippen LogP contribution in [0, 0.1) is 20.8 Å². The van der Waals surface area contributed by atoms with E-state index in [1.807, 2.05) is 39.8 Å². The molecule has 19 heavy (non-hydrogen) atoms. The van der Waals surface area contributed by atoms with Crippen molar-refractivity contribution in [3.05, 3.63) is 28.8 Å². The molecule has 106 valence electrons.